The van der Waals surface area contributed by atoms with Gasteiger partial charge in [0.25, 0.3) is 0 Å². The van der Waals surface area contributed by atoms with E-state index in [2.05, 4.69) is 11.8 Å². The van der Waals surface area contributed by atoms with E-state index in [1.165, 1.54) is 6.42 Å². The molecule has 0 N–H and O–H groups in total. The Labute approximate surface area is 131 Å². The molecule has 21 heavy (non-hydrogen) atoms. The summed E-state index contributed by atoms with van der Waals surface area (Å²) < 4.78 is 10.9. The summed E-state index contributed by atoms with van der Waals surface area (Å²) >= 11 is 6.23. The Bertz CT molecular complexity index is 531. The zero-order chi connectivity index (χ0) is 15.4. The number of ether oxygens (including phenoxy) is 2. The molecule has 116 valence electrons. The molecule has 1 heterocycles. The molecule has 1 unspecified atom stereocenters. The van der Waals surface area contributed by atoms with Gasteiger partial charge in [0.05, 0.1) is 24.8 Å². The summed E-state index contributed by atoms with van der Waals surface area (Å²) in [5.41, 5.74) is 1.74. The van der Waals surface area contributed by atoms with Crippen LogP contribution in [0.15, 0.2) is 17.1 Å². The first-order valence-electron chi connectivity index (χ1n) is 7.31. The number of rotatable bonds is 5. The van der Waals surface area contributed by atoms with Crippen molar-refractivity contribution in [2.24, 2.45) is 4.99 Å². The molecule has 2 rings (SSSR count). The number of halogens is 1. The van der Waals surface area contributed by atoms with Gasteiger partial charge in [0, 0.05) is 12.3 Å². The van der Waals surface area contributed by atoms with E-state index in [0.29, 0.717) is 10.8 Å². The van der Waals surface area contributed by atoms with Gasteiger partial charge in [-0.1, -0.05) is 18.5 Å². The van der Waals surface area contributed by atoms with E-state index in [9.17, 15) is 0 Å². The molecule has 1 aliphatic heterocycles. The Morgan fingerprint density at radius 1 is 1.38 bits per heavy atom. The third-order valence-electron chi connectivity index (χ3n) is 3.94. The fourth-order valence-corrected chi connectivity index (χ4v) is 3.10. The lowest BCUT2D eigenvalue weighted by Crippen LogP contribution is -2.28. The van der Waals surface area contributed by atoms with Crippen LogP contribution in [0.5, 0.6) is 11.5 Å². The molecule has 1 aromatic carbocycles. The Morgan fingerprint density at radius 3 is 2.76 bits per heavy atom. The van der Waals surface area contributed by atoms with Crippen LogP contribution in [0.1, 0.15) is 32.3 Å². The molecule has 0 spiro atoms. The number of hydrogen-bond donors (Lipinski definition) is 0. The molecule has 1 aliphatic rings. The van der Waals surface area contributed by atoms with Gasteiger partial charge in [-0.05, 0) is 38.4 Å². The third-order valence-corrected chi connectivity index (χ3v) is 4.23. The van der Waals surface area contributed by atoms with Crippen LogP contribution in [0.3, 0.4) is 0 Å². The lowest BCUT2D eigenvalue weighted by Gasteiger charge is -2.21. The lowest BCUT2D eigenvalue weighted by atomic mass is 10.1. The minimum absolute atomic E-state index is 0.239. The van der Waals surface area contributed by atoms with E-state index < -0.39 is 0 Å². The van der Waals surface area contributed by atoms with Gasteiger partial charge in [-0.2, -0.15) is 0 Å². The monoisotopic (exact) mass is 310 g/mol. The summed E-state index contributed by atoms with van der Waals surface area (Å²) in [5, 5.41) is 0.571. The number of benzene rings is 1. The van der Waals surface area contributed by atoms with Gasteiger partial charge in [0.2, 0.25) is 0 Å². The molecule has 0 aliphatic carbocycles. The van der Waals surface area contributed by atoms with Crippen LogP contribution in [0.25, 0.3) is 0 Å². The standard InChI is InChI=1S/C16H23ClN2O2/c1-5-19-10-6-7-14(19)18-11(2)15-13(20-3)9-8-12(17)16(15)21-4/h8-9,14H,5-7,10H2,1-4H3. The second-order valence-corrected chi connectivity index (χ2v) is 5.53. The second kappa shape index (κ2) is 7.14. The predicted molar refractivity (Wildman–Crippen MR) is 87.0 cm³/mol. The van der Waals surface area contributed by atoms with E-state index in [1.807, 2.05) is 13.0 Å². The van der Waals surface area contributed by atoms with Gasteiger partial charge in [0.15, 0.2) is 0 Å². The summed E-state index contributed by atoms with van der Waals surface area (Å²) in [6, 6.07) is 3.63. The zero-order valence-electron chi connectivity index (χ0n) is 13.1. The van der Waals surface area contributed by atoms with E-state index in [1.54, 1.807) is 20.3 Å². The van der Waals surface area contributed by atoms with Gasteiger partial charge in [-0.15, -0.1) is 0 Å². The van der Waals surface area contributed by atoms with Gasteiger partial charge in [-0.25, -0.2) is 0 Å². The Kier molecular flexibility index (Phi) is 5.48. The molecule has 0 amide bonds. The van der Waals surface area contributed by atoms with Crippen molar-refractivity contribution in [2.45, 2.75) is 32.9 Å². The first-order chi connectivity index (χ1) is 10.1. The fraction of sp³-hybridized carbons (Fsp3) is 0.562. The molecule has 1 aromatic rings. The highest BCUT2D eigenvalue weighted by Gasteiger charge is 2.24. The largest absolute Gasteiger partial charge is 0.496 e. The van der Waals surface area contributed by atoms with E-state index in [-0.39, 0.29) is 6.17 Å². The van der Waals surface area contributed by atoms with Crippen LogP contribution < -0.4 is 9.47 Å². The quantitative estimate of drug-likeness (QED) is 0.779. The van der Waals surface area contributed by atoms with Crippen molar-refractivity contribution in [3.8, 4) is 11.5 Å². The first-order valence-corrected chi connectivity index (χ1v) is 7.69. The minimum atomic E-state index is 0.239. The lowest BCUT2D eigenvalue weighted by molar-refractivity contribution is 0.275. The van der Waals surface area contributed by atoms with Crippen molar-refractivity contribution in [3.63, 3.8) is 0 Å². The molecule has 1 atom stereocenters. The highest BCUT2D eigenvalue weighted by atomic mass is 35.5. The molecule has 1 saturated heterocycles. The number of aliphatic imine (C=N–C) groups is 1. The van der Waals surface area contributed by atoms with Crippen molar-refractivity contribution in [3.05, 3.63) is 22.7 Å². The topological polar surface area (TPSA) is 34.1 Å². The average Bonchev–Trinajstić information content (AvgIpc) is 2.93. The molecule has 4 nitrogen and oxygen atoms in total. The third kappa shape index (κ3) is 3.33. The van der Waals surface area contributed by atoms with Crippen molar-refractivity contribution in [1.29, 1.82) is 0 Å². The van der Waals surface area contributed by atoms with Gasteiger partial charge in [0.1, 0.15) is 17.7 Å². The smallest absolute Gasteiger partial charge is 0.150 e. The summed E-state index contributed by atoms with van der Waals surface area (Å²) in [5.74, 6) is 1.36. The molecule has 0 saturated carbocycles. The van der Waals surface area contributed by atoms with Gasteiger partial charge in [-0.3, -0.25) is 9.89 Å². The van der Waals surface area contributed by atoms with Crippen molar-refractivity contribution >= 4 is 17.3 Å². The normalized spacial score (nSPS) is 19.9. The van der Waals surface area contributed by atoms with Crippen LogP contribution in [0.4, 0.5) is 0 Å². The number of likely N-dealkylation sites (tertiary alicyclic amines) is 1. The van der Waals surface area contributed by atoms with Crippen LogP contribution in [-0.4, -0.2) is 44.1 Å². The molecular formula is C16H23ClN2O2. The molecule has 0 bridgehead atoms. The maximum Gasteiger partial charge on any atom is 0.150 e. The number of hydrogen-bond acceptors (Lipinski definition) is 4. The van der Waals surface area contributed by atoms with Crippen molar-refractivity contribution < 1.29 is 9.47 Å². The summed E-state index contributed by atoms with van der Waals surface area (Å²) in [7, 11) is 3.26. The van der Waals surface area contributed by atoms with E-state index >= 15 is 0 Å². The number of nitrogens with zero attached hydrogens (tertiary/aromatic N) is 2. The van der Waals surface area contributed by atoms with Gasteiger partial charge >= 0.3 is 0 Å². The predicted octanol–water partition coefficient (Wildman–Crippen LogP) is 3.61. The van der Waals surface area contributed by atoms with Crippen molar-refractivity contribution in [1.82, 2.24) is 4.90 Å². The molecule has 5 heteroatoms. The van der Waals surface area contributed by atoms with Gasteiger partial charge < -0.3 is 9.47 Å². The van der Waals surface area contributed by atoms with E-state index in [4.69, 9.17) is 26.1 Å². The SMILES string of the molecule is CCN1CCCC1N=C(C)c1c(OC)ccc(Cl)c1OC. The zero-order valence-corrected chi connectivity index (χ0v) is 13.9. The maximum atomic E-state index is 6.23. The summed E-state index contributed by atoms with van der Waals surface area (Å²) in [4.78, 5) is 7.26. The Hall–Kier alpha value is -1.26. The first kappa shape index (κ1) is 16.1. The van der Waals surface area contributed by atoms with Crippen LogP contribution >= 0.6 is 11.6 Å². The van der Waals surface area contributed by atoms with Crippen LogP contribution in [0.2, 0.25) is 5.02 Å². The number of methoxy groups -OCH3 is 2. The fourth-order valence-electron chi connectivity index (χ4n) is 2.86. The van der Waals surface area contributed by atoms with E-state index in [0.717, 1.165) is 36.5 Å². The Morgan fingerprint density at radius 2 is 2.14 bits per heavy atom. The molecular weight excluding hydrogens is 288 g/mol. The van der Waals surface area contributed by atoms with Crippen LogP contribution in [-0.2, 0) is 0 Å². The second-order valence-electron chi connectivity index (χ2n) is 5.12. The summed E-state index contributed by atoms with van der Waals surface area (Å²) in [6.45, 7) is 6.29. The highest BCUT2D eigenvalue weighted by molar-refractivity contribution is 6.33. The maximum absolute atomic E-state index is 6.23. The summed E-state index contributed by atoms with van der Waals surface area (Å²) in [6.07, 6.45) is 2.53. The minimum Gasteiger partial charge on any atom is -0.496 e. The molecule has 1 fully saturated rings. The van der Waals surface area contributed by atoms with Crippen molar-refractivity contribution in [2.75, 3.05) is 27.3 Å². The van der Waals surface area contributed by atoms with Crippen LogP contribution in [0, 0.1) is 0 Å². The average molecular weight is 311 g/mol. The highest BCUT2D eigenvalue weighted by Crippen LogP contribution is 2.36. The molecule has 0 radical (unpaired) electrons. The Balaban J connectivity index is 2.42. The molecule has 0 aromatic heterocycles.